The SMILES string of the molecule is CCCOC(=O)[C@](N(OC)C(=O)OCc1ccccc1)(n1cnc2c(=O)[nH]c(N)nc21)C(C)(C)O. The number of nitrogens with zero attached hydrogens (tertiary/aromatic N) is 4. The van der Waals surface area contributed by atoms with Crippen molar-refractivity contribution in [3.05, 3.63) is 52.6 Å². The Balaban J connectivity index is 2.23. The number of hydrogen-bond donors (Lipinski definition) is 3. The number of aromatic amines is 1. The number of fused-ring (bicyclic) bond motifs is 1. The lowest BCUT2D eigenvalue weighted by molar-refractivity contribution is -0.264. The van der Waals surface area contributed by atoms with Gasteiger partial charge in [-0.15, -0.1) is 5.06 Å². The molecule has 2 heterocycles. The van der Waals surface area contributed by atoms with E-state index in [1.165, 1.54) is 13.8 Å². The summed E-state index contributed by atoms with van der Waals surface area (Å²) < 4.78 is 11.8. The molecule has 13 heteroatoms. The van der Waals surface area contributed by atoms with Crippen LogP contribution in [0.1, 0.15) is 32.8 Å². The Morgan fingerprint density at radius 1 is 1.23 bits per heavy atom. The number of nitrogen functional groups attached to an aromatic ring is 1. The molecule has 0 saturated carbocycles. The summed E-state index contributed by atoms with van der Waals surface area (Å²) in [5, 5.41) is 11.9. The van der Waals surface area contributed by atoms with E-state index in [-0.39, 0.29) is 30.3 Å². The molecule has 4 N–H and O–H groups in total. The van der Waals surface area contributed by atoms with Gasteiger partial charge in [0.2, 0.25) is 5.95 Å². The second-order valence-electron chi connectivity index (χ2n) is 8.12. The van der Waals surface area contributed by atoms with E-state index in [4.69, 9.17) is 20.0 Å². The number of amides is 1. The molecule has 3 rings (SSSR count). The molecule has 0 fully saturated rings. The Kier molecular flexibility index (Phi) is 7.41. The van der Waals surface area contributed by atoms with Crippen LogP contribution >= 0.6 is 0 Å². The fraction of sp³-hybridized carbons (Fsp3) is 0.409. The van der Waals surface area contributed by atoms with Gasteiger partial charge < -0.3 is 20.3 Å². The summed E-state index contributed by atoms with van der Waals surface area (Å²) in [5.41, 5.74) is 0.766. The minimum atomic E-state index is -2.47. The van der Waals surface area contributed by atoms with E-state index >= 15 is 0 Å². The average Bonchev–Trinajstić information content (AvgIpc) is 3.23. The van der Waals surface area contributed by atoms with Crippen molar-refractivity contribution in [1.29, 1.82) is 0 Å². The number of anilines is 1. The highest BCUT2D eigenvalue weighted by molar-refractivity contribution is 5.87. The van der Waals surface area contributed by atoms with Crippen LogP contribution in [0.15, 0.2) is 41.5 Å². The van der Waals surface area contributed by atoms with E-state index in [1.54, 1.807) is 37.3 Å². The van der Waals surface area contributed by atoms with Gasteiger partial charge in [-0.3, -0.25) is 19.2 Å². The number of aliphatic hydroxyl groups is 1. The van der Waals surface area contributed by atoms with Crippen molar-refractivity contribution in [3.8, 4) is 0 Å². The zero-order valence-electron chi connectivity index (χ0n) is 19.8. The Bertz CT molecular complexity index is 1250. The molecule has 0 aliphatic carbocycles. The third kappa shape index (κ3) is 4.68. The number of carbonyl (C=O) groups excluding carboxylic acids is 2. The number of H-pyrrole nitrogens is 1. The number of carbonyl (C=O) groups is 2. The number of hydroxylamine groups is 2. The molecule has 0 saturated heterocycles. The molecule has 35 heavy (non-hydrogen) atoms. The first-order valence-electron chi connectivity index (χ1n) is 10.8. The Morgan fingerprint density at radius 3 is 2.51 bits per heavy atom. The third-order valence-corrected chi connectivity index (χ3v) is 5.20. The Hall–Kier alpha value is -3.97. The topological polar surface area (TPSA) is 175 Å². The number of nitrogens with one attached hydrogen (secondary N) is 1. The fourth-order valence-corrected chi connectivity index (χ4v) is 3.65. The number of rotatable bonds is 9. The van der Waals surface area contributed by atoms with Crippen LogP contribution in [0.2, 0.25) is 0 Å². The van der Waals surface area contributed by atoms with Crippen molar-refractivity contribution >= 4 is 29.2 Å². The van der Waals surface area contributed by atoms with E-state index in [1.807, 2.05) is 0 Å². The van der Waals surface area contributed by atoms with Gasteiger partial charge >= 0.3 is 12.1 Å². The first kappa shape index (κ1) is 25.6. The number of nitrogens with two attached hydrogens (primary N) is 1. The third-order valence-electron chi connectivity index (χ3n) is 5.20. The van der Waals surface area contributed by atoms with E-state index in [2.05, 4.69) is 15.0 Å². The van der Waals surface area contributed by atoms with Crippen LogP contribution in [-0.2, 0) is 31.4 Å². The monoisotopic (exact) mass is 488 g/mol. The molecule has 1 aromatic carbocycles. The van der Waals surface area contributed by atoms with Crippen molar-refractivity contribution in [1.82, 2.24) is 24.6 Å². The molecule has 0 aliphatic rings. The van der Waals surface area contributed by atoms with Crippen LogP contribution in [0.3, 0.4) is 0 Å². The molecule has 3 aromatic rings. The molecule has 0 bridgehead atoms. The van der Waals surface area contributed by atoms with Gasteiger partial charge in [-0.1, -0.05) is 37.3 Å². The second kappa shape index (κ2) is 10.1. The van der Waals surface area contributed by atoms with Crippen LogP contribution < -0.4 is 11.3 Å². The highest BCUT2D eigenvalue weighted by atomic mass is 16.7. The van der Waals surface area contributed by atoms with Crippen molar-refractivity contribution < 1.29 is 29.0 Å². The van der Waals surface area contributed by atoms with E-state index in [0.29, 0.717) is 17.0 Å². The average molecular weight is 489 g/mol. The minimum Gasteiger partial charge on any atom is -0.462 e. The molecule has 188 valence electrons. The number of hydrogen-bond acceptors (Lipinski definition) is 10. The maximum absolute atomic E-state index is 13.7. The zero-order valence-corrected chi connectivity index (χ0v) is 19.8. The van der Waals surface area contributed by atoms with Crippen molar-refractivity contribution in [2.24, 2.45) is 0 Å². The second-order valence-corrected chi connectivity index (χ2v) is 8.12. The first-order valence-corrected chi connectivity index (χ1v) is 10.8. The van der Waals surface area contributed by atoms with Crippen molar-refractivity contribution in [2.75, 3.05) is 19.5 Å². The van der Waals surface area contributed by atoms with Crippen molar-refractivity contribution in [3.63, 3.8) is 0 Å². The van der Waals surface area contributed by atoms with Gasteiger partial charge in [-0.2, -0.15) is 4.98 Å². The van der Waals surface area contributed by atoms with Gasteiger partial charge in [0.15, 0.2) is 11.2 Å². The van der Waals surface area contributed by atoms with Gasteiger partial charge in [-0.05, 0) is 25.8 Å². The molecule has 1 atom stereocenters. The van der Waals surface area contributed by atoms with Gasteiger partial charge in [0.05, 0.1) is 20.0 Å². The Morgan fingerprint density at radius 2 is 1.91 bits per heavy atom. The lowest BCUT2D eigenvalue weighted by atomic mass is 9.89. The van der Waals surface area contributed by atoms with E-state index < -0.39 is 28.9 Å². The van der Waals surface area contributed by atoms with Crippen LogP contribution in [-0.4, -0.2) is 61.1 Å². The molecular formula is C22H28N6O7. The van der Waals surface area contributed by atoms with Gasteiger partial charge in [0.1, 0.15) is 12.2 Å². The number of ether oxygens (including phenoxy) is 2. The number of imidazole rings is 1. The molecule has 0 aliphatic heterocycles. The molecule has 0 spiro atoms. The van der Waals surface area contributed by atoms with Crippen LogP contribution in [0, 0.1) is 0 Å². The number of benzene rings is 1. The zero-order chi connectivity index (χ0) is 25.8. The Labute approximate surface area is 200 Å². The summed E-state index contributed by atoms with van der Waals surface area (Å²) in [7, 11) is 1.12. The molecule has 0 radical (unpaired) electrons. The highest BCUT2D eigenvalue weighted by Crippen LogP contribution is 2.38. The summed E-state index contributed by atoms with van der Waals surface area (Å²) in [6, 6.07) is 8.83. The summed E-state index contributed by atoms with van der Waals surface area (Å²) in [6.45, 7) is 4.12. The summed E-state index contributed by atoms with van der Waals surface area (Å²) in [6.07, 6.45) is 0.398. The predicted molar refractivity (Wildman–Crippen MR) is 124 cm³/mol. The fourth-order valence-electron chi connectivity index (χ4n) is 3.65. The number of aromatic nitrogens is 4. The quantitative estimate of drug-likeness (QED) is 0.294. The summed E-state index contributed by atoms with van der Waals surface area (Å²) in [5.74, 6) is -1.35. The maximum atomic E-state index is 13.7. The minimum absolute atomic E-state index is 0.0317. The first-order chi connectivity index (χ1) is 16.6. The normalized spacial score (nSPS) is 13.3. The highest BCUT2D eigenvalue weighted by Gasteiger charge is 2.62. The van der Waals surface area contributed by atoms with Crippen molar-refractivity contribution in [2.45, 2.75) is 45.1 Å². The van der Waals surface area contributed by atoms with Gasteiger partial charge in [-0.25, -0.2) is 14.6 Å². The van der Waals surface area contributed by atoms with Crippen LogP contribution in [0.25, 0.3) is 11.2 Å². The maximum Gasteiger partial charge on any atom is 0.437 e. The lowest BCUT2D eigenvalue weighted by Crippen LogP contribution is -2.69. The largest absolute Gasteiger partial charge is 0.462 e. The molecular weight excluding hydrogens is 460 g/mol. The van der Waals surface area contributed by atoms with E-state index in [0.717, 1.165) is 18.0 Å². The van der Waals surface area contributed by atoms with Crippen LogP contribution in [0.4, 0.5) is 10.7 Å². The van der Waals surface area contributed by atoms with E-state index in [9.17, 15) is 19.5 Å². The smallest absolute Gasteiger partial charge is 0.437 e. The molecule has 13 nitrogen and oxygen atoms in total. The number of esters is 1. The van der Waals surface area contributed by atoms with Crippen LogP contribution in [0.5, 0.6) is 0 Å². The summed E-state index contributed by atoms with van der Waals surface area (Å²) in [4.78, 5) is 55.1. The molecule has 0 unspecified atom stereocenters. The summed E-state index contributed by atoms with van der Waals surface area (Å²) >= 11 is 0. The van der Waals surface area contributed by atoms with Gasteiger partial charge in [0.25, 0.3) is 11.2 Å². The standard InChI is InChI=1S/C22H28N6O7/c1-5-11-34-18(30)22(21(2,3)32,27-13-24-15-16(27)25-19(23)26-17(15)29)28(33-4)20(31)35-12-14-9-7-6-8-10-14/h6-10,13,32H,5,11-12H2,1-4H3,(H3,23,25,26,29)/t22-/m1/s1. The van der Waals surface area contributed by atoms with Gasteiger partial charge in [0, 0.05) is 0 Å². The predicted octanol–water partition coefficient (Wildman–Crippen LogP) is 1.28. The lowest BCUT2D eigenvalue weighted by Gasteiger charge is -2.46. The molecule has 1 amide bonds. The molecule has 2 aromatic heterocycles.